The molecule has 1 aliphatic rings. The van der Waals surface area contributed by atoms with Gasteiger partial charge in [0, 0.05) is 26.7 Å². The van der Waals surface area contributed by atoms with Gasteiger partial charge in [-0.1, -0.05) is 24.3 Å². The highest BCUT2D eigenvalue weighted by molar-refractivity contribution is 5.28. The lowest BCUT2D eigenvalue weighted by Crippen LogP contribution is -2.36. The average molecular weight is 279 g/mol. The summed E-state index contributed by atoms with van der Waals surface area (Å²) in [5.74, 6) is 0. The van der Waals surface area contributed by atoms with E-state index in [0.29, 0.717) is 26.4 Å². The minimum Gasteiger partial charge on any atom is -0.389 e. The van der Waals surface area contributed by atoms with E-state index in [1.165, 1.54) is 11.1 Å². The number of methoxy groups -OCH3 is 1. The van der Waals surface area contributed by atoms with Crippen LogP contribution in [0.1, 0.15) is 11.1 Å². The highest BCUT2D eigenvalue weighted by Crippen LogP contribution is 2.15. The zero-order chi connectivity index (χ0) is 14.2. The first kappa shape index (κ1) is 15.4. The van der Waals surface area contributed by atoms with Gasteiger partial charge in [-0.3, -0.25) is 0 Å². The molecule has 0 saturated heterocycles. The number of ether oxygens (including phenoxy) is 2. The molecule has 0 amide bonds. The summed E-state index contributed by atoms with van der Waals surface area (Å²) in [6.07, 6.45) is 1.70. The number of β-amino-alcohol motifs (C(OH)–C–C–N with tert-alkyl or cyclic N) is 1. The molecule has 4 nitrogen and oxygen atoms in total. The van der Waals surface area contributed by atoms with Crippen LogP contribution in [0.15, 0.2) is 24.3 Å². The Hall–Kier alpha value is -0.940. The molecule has 0 saturated carbocycles. The largest absolute Gasteiger partial charge is 0.389 e. The van der Waals surface area contributed by atoms with Gasteiger partial charge in [-0.2, -0.15) is 0 Å². The van der Waals surface area contributed by atoms with E-state index >= 15 is 0 Å². The molecule has 1 aliphatic heterocycles. The van der Waals surface area contributed by atoms with Crippen LogP contribution in [0.4, 0.5) is 0 Å². The van der Waals surface area contributed by atoms with Crippen molar-refractivity contribution in [1.82, 2.24) is 4.90 Å². The summed E-state index contributed by atoms with van der Waals surface area (Å²) in [6, 6.07) is 8.63. The lowest BCUT2D eigenvalue weighted by Gasteiger charge is -2.23. The molecular formula is C16H25NO3. The predicted octanol–water partition coefficient (Wildman–Crippen LogP) is 1.11. The first-order chi connectivity index (χ1) is 9.79. The molecule has 1 N–H and O–H groups in total. The molecule has 0 radical (unpaired) electrons. The van der Waals surface area contributed by atoms with E-state index in [-0.39, 0.29) is 0 Å². The van der Waals surface area contributed by atoms with Crippen molar-refractivity contribution in [3.05, 3.63) is 35.4 Å². The van der Waals surface area contributed by atoms with Gasteiger partial charge in [0.05, 0.1) is 25.9 Å². The summed E-state index contributed by atoms with van der Waals surface area (Å²) in [4.78, 5) is 2.32. The van der Waals surface area contributed by atoms with Crippen LogP contribution in [0.5, 0.6) is 0 Å². The molecule has 0 spiro atoms. The maximum absolute atomic E-state index is 10.0. The Morgan fingerprint density at radius 1 is 1.15 bits per heavy atom. The maximum atomic E-state index is 10.0. The Morgan fingerprint density at radius 3 is 2.40 bits per heavy atom. The summed E-state index contributed by atoms with van der Waals surface area (Å²) in [7, 11) is 1.65. The molecule has 1 aromatic rings. The molecule has 1 unspecified atom stereocenters. The van der Waals surface area contributed by atoms with E-state index < -0.39 is 6.10 Å². The predicted molar refractivity (Wildman–Crippen MR) is 79.0 cm³/mol. The van der Waals surface area contributed by atoms with Gasteiger partial charge < -0.3 is 19.5 Å². The second kappa shape index (κ2) is 8.37. The van der Waals surface area contributed by atoms with Crippen molar-refractivity contribution in [2.45, 2.75) is 18.9 Å². The van der Waals surface area contributed by atoms with Crippen molar-refractivity contribution in [2.24, 2.45) is 0 Å². The first-order valence-electron chi connectivity index (χ1n) is 7.33. The zero-order valence-electron chi connectivity index (χ0n) is 12.3. The zero-order valence-corrected chi connectivity index (χ0v) is 12.3. The van der Waals surface area contributed by atoms with Gasteiger partial charge >= 0.3 is 0 Å². The van der Waals surface area contributed by atoms with Gasteiger partial charge in [0.1, 0.15) is 0 Å². The number of hydrogen-bond acceptors (Lipinski definition) is 4. The third kappa shape index (κ3) is 4.87. The molecule has 0 fully saturated rings. The highest BCUT2D eigenvalue weighted by Gasteiger charge is 2.16. The fourth-order valence-electron chi connectivity index (χ4n) is 2.61. The molecule has 112 valence electrons. The monoisotopic (exact) mass is 279 g/mol. The van der Waals surface area contributed by atoms with Crippen LogP contribution in [0, 0.1) is 0 Å². The first-order valence-corrected chi connectivity index (χ1v) is 7.33. The standard InChI is InChI=1S/C16H25NO3/c1-19-10-11-20-13-16(18)12-17-8-6-14-4-2-3-5-15(14)7-9-17/h2-5,16,18H,6-13H2,1H3. The van der Waals surface area contributed by atoms with Crippen molar-refractivity contribution in [1.29, 1.82) is 0 Å². The lowest BCUT2D eigenvalue weighted by molar-refractivity contribution is -0.0000318. The van der Waals surface area contributed by atoms with Crippen LogP contribution in [-0.2, 0) is 22.3 Å². The summed E-state index contributed by atoms with van der Waals surface area (Å²) in [6.45, 7) is 4.19. The van der Waals surface area contributed by atoms with Crippen molar-refractivity contribution in [3.63, 3.8) is 0 Å². The Morgan fingerprint density at radius 2 is 1.80 bits per heavy atom. The number of fused-ring (bicyclic) bond motifs is 1. The van der Waals surface area contributed by atoms with Gasteiger partial charge in [-0.05, 0) is 24.0 Å². The second-order valence-corrected chi connectivity index (χ2v) is 5.29. The fourth-order valence-corrected chi connectivity index (χ4v) is 2.61. The average Bonchev–Trinajstić information content (AvgIpc) is 2.67. The van der Waals surface area contributed by atoms with Crippen molar-refractivity contribution >= 4 is 0 Å². The SMILES string of the molecule is COCCOCC(O)CN1CCc2ccccc2CC1. The van der Waals surface area contributed by atoms with Gasteiger partial charge in [-0.25, -0.2) is 0 Å². The number of benzene rings is 1. The topological polar surface area (TPSA) is 41.9 Å². The van der Waals surface area contributed by atoms with Crippen LogP contribution in [0.2, 0.25) is 0 Å². The molecule has 4 heteroatoms. The number of rotatable bonds is 7. The number of aliphatic hydroxyl groups excluding tert-OH is 1. The Kier molecular flexibility index (Phi) is 6.47. The lowest BCUT2D eigenvalue weighted by atomic mass is 10.0. The minimum atomic E-state index is -0.423. The van der Waals surface area contributed by atoms with Crippen LogP contribution >= 0.6 is 0 Å². The van der Waals surface area contributed by atoms with Crippen LogP contribution in [0.3, 0.4) is 0 Å². The second-order valence-electron chi connectivity index (χ2n) is 5.29. The van der Waals surface area contributed by atoms with Crippen LogP contribution in [-0.4, -0.2) is 62.7 Å². The fraction of sp³-hybridized carbons (Fsp3) is 0.625. The molecule has 1 heterocycles. The van der Waals surface area contributed by atoms with Gasteiger partial charge in [0.2, 0.25) is 0 Å². The Bertz CT molecular complexity index is 370. The summed E-state index contributed by atoms with van der Waals surface area (Å²) >= 11 is 0. The molecule has 1 atom stereocenters. The molecular weight excluding hydrogens is 254 g/mol. The minimum absolute atomic E-state index is 0.382. The molecule has 20 heavy (non-hydrogen) atoms. The Balaban J connectivity index is 1.72. The van der Waals surface area contributed by atoms with Gasteiger partial charge in [0.15, 0.2) is 0 Å². The number of nitrogens with zero attached hydrogens (tertiary/aromatic N) is 1. The number of aliphatic hydroxyl groups is 1. The van der Waals surface area contributed by atoms with E-state index in [1.807, 2.05) is 0 Å². The van der Waals surface area contributed by atoms with E-state index in [2.05, 4.69) is 29.2 Å². The Labute approximate surface area is 121 Å². The third-order valence-electron chi connectivity index (χ3n) is 3.72. The van der Waals surface area contributed by atoms with Crippen molar-refractivity contribution in [2.75, 3.05) is 46.6 Å². The van der Waals surface area contributed by atoms with E-state index in [9.17, 15) is 5.11 Å². The van der Waals surface area contributed by atoms with Gasteiger partial charge in [-0.15, -0.1) is 0 Å². The molecule has 2 rings (SSSR count). The molecule has 1 aromatic carbocycles. The smallest absolute Gasteiger partial charge is 0.0900 e. The summed E-state index contributed by atoms with van der Waals surface area (Å²) < 4.78 is 10.3. The number of hydrogen-bond donors (Lipinski definition) is 1. The highest BCUT2D eigenvalue weighted by atomic mass is 16.5. The van der Waals surface area contributed by atoms with Gasteiger partial charge in [0.25, 0.3) is 0 Å². The maximum Gasteiger partial charge on any atom is 0.0900 e. The normalized spacial score (nSPS) is 17.5. The third-order valence-corrected chi connectivity index (χ3v) is 3.72. The van der Waals surface area contributed by atoms with E-state index in [0.717, 1.165) is 25.9 Å². The van der Waals surface area contributed by atoms with E-state index in [1.54, 1.807) is 7.11 Å². The van der Waals surface area contributed by atoms with Crippen molar-refractivity contribution in [3.8, 4) is 0 Å². The molecule has 0 aromatic heterocycles. The quantitative estimate of drug-likeness (QED) is 0.759. The summed E-state index contributed by atoms with van der Waals surface area (Å²) in [5, 5.41) is 10.0. The van der Waals surface area contributed by atoms with E-state index in [4.69, 9.17) is 9.47 Å². The van der Waals surface area contributed by atoms with Crippen LogP contribution in [0.25, 0.3) is 0 Å². The van der Waals surface area contributed by atoms with Crippen molar-refractivity contribution < 1.29 is 14.6 Å². The molecule has 0 aliphatic carbocycles. The summed E-state index contributed by atoms with van der Waals surface area (Å²) in [5.41, 5.74) is 2.89. The van der Waals surface area contributed by atoms with Crippen LogP contribution < -0.4 is 0 Å². The molecule has 0 bridgehead atoms.